The molecule has 1 rings (SSSR count). The summed E-state index contributed by atoms with van der Waals surface area (Å²) in [5, 5.41) is 3.22. The molecule has 0 radical (unpaired) electrons. The summed E-state index contributed by atoms with van der Waals surface area (Å²) in [5.74, 6) is 0.611. The molecule has 1 aliphatic heterocycles. The van der Waals surface area contributed by atoms with Crippen LogP contribution >= 0.6 is 24.0 Å². The van der Waals surface area contributed by atoms with Crippen molar-refractivity contribution in [3.8, 4) is 0 Å². The second-order valence-electron chi connectivity index (χ2n) is 6.12. The molecule has 1 heterocycles. The lowest BCUT2D eigenvalue weighted by Crippen LogP contribution is -2.37. The van der Waals surface area contributed by atoms with Crippen LogP contribution in [-0.4, -0.2) is 56.8 Å². The van der Waals surface area contributed by atoms with Crippen LogP contribution in [-0.2, 0) is 4.74 Å². The van der Waals surface area contributed by atoms with Gasteiger partial charge in [0.1, 0.15) is 0 Å². The summed E-state index contributed by atoms with van der Waals surface area (Å²) in [6, 6.07) is 0. The minimum absolute atomic E-state index is 0. The normalized spacial score (nSPS) is 16.1. The molecular weight excluding hydrogens is 403 g/mol. The third kappa shape index (κ3) is 14.0. The summed E-state index contributed by atoms with van der Waals surface area (Å²) in [6.07, 6.45) is 10.1. The molecule has 6 heteroatoms. The van der Waals surface area contributed by atoms with Gasteiger partial charge in [-0.15, -0.1) is 24.0 Å². The molecule has 0 unspecified atom stereocenters. The highest BCUT2D eigenvalue weighted by molar-refractivity contribution is 14.0. The van der Waals surface area contributed by atoms with Crippen LogP contribution in [0, 0.1) is 0 Å². The van der Waals surface area contributed by atoms with E-state index in [4.69, 9.17) is 10.5 Å². The maximum Gasteiger partial charge on any atom is 0.188 e. The Morgan fingerprint density at radius 2 is 1.74 bits per heavy atom. The Morgan fingerprint density at radius 1 is 1.04 bits per heavy atom. The number of unbranched alkanes of at least 4 members (excludes halogenated alkanes) is 6. The van der Waals surface area contributed by atoms with Crippen molar-refractivity contribution in [2.45, 2.75) is 58.3 Å². The number of nitrogens with two attached hydrogens (primary N) is 1. The zero-order valence-electron chi connectivity index (χ0n) is 14.9. The molecule has 0 amide bonds. The Labute approximate surface area is 159 Å². The minimum atomic E-state index is 0. The summed E-state index contributed by atoms with van der Waals surface area (Å²) < 4.78 is 5.35. The first-order valence-electron chi connectivity index (χ1n) is 9.17. The highest BCUT2D eigenvalue weighted by atomic mass is 127. The lowest BCUT2D eigenvalue weighted by molar-refractivity contribution is 0.0372. The van der Waals surface area contributed by atoms with E-state index in [0.29, 0.717) is 5.96 Å². The van der Waals surface area contributed by atoms with Crippen molar-refractivity contribution >= 4 is 29.9 Å². The van der Waals surface area contributed by atoms with Crippen molar-refractivity contribution in [3.05, 3.63) is 0 Å². The second kappa shape index (κ2) is 16.8. The molecule has 0 aliphatic carbocycles. The van der Waals surface area contributed by atoms with Crippen LogP contribution in [0.25, 0.3) is 0 Å². The monoisotopic (exact) mass is 440 g/mol. The van der Waals surface area contributed by atoms with E-state index in [1.165, 1.54) is 45.1 Å². The van der Waals surface area contributed by atoms with Crippen LogP contribution in [0.15, 0.2) is 4.99 Å². The number of ether oxygens (including phenoxy) is 1. The molecule has 1 saturated heterocycles. The largest absolute Gasteiger partial charge is 0.379 e. The maximum absolute atomic E-state index is 5.87. The number of guanidine groups is 1. The fraction of sp³-hybridized carbons (Fsp3) is 0.941. The molecule has 3 N–H and O–H groups in total. The second-order valence-corrected chi connectivity index (χ2v) is 6.12. The minimum Gasteiger partial charge on any atom is -0.379 e. The van der Waals surface area contributed by atoms with Gasteiger partial charge in [0.15, 0.2) is 5.96 Å². The van der Waals surface area contributed by atoms with Crippen molar-refractivity contribution in [3.63, 3.8) is 0 Å². The van der Waals surface area contributed by atoms with E-state index in [0.717, 1.165) is 52.2 Å². The van der Waals surface area contributed by atoms with Gasteiger partial charge in [-0.3, -0.25) is 9.89 Å². The first kappa shape index (κ1) is 22.9. The smallest absolute Gasteiger partial charge is 0.188 e. The van der Waals surface area contributed by atoms with E-state index >= 15 is 0 Å². The molecule has 0 spiro atoms. The van der Waals surface area contributed by atoms with Gasteiger partial charge >= 0.3 is 0 Å². The maximum atomic E-state index is 5.87. The van der Waals surface area contributed by atoms with Gasteiger partial charge in [0.25, 0.3) is 0 Å². The van der Waals surface area contributed by atoms with Gasteiger partial charge in [-0.25, -0.2) is 0 Å². The molecule has 5 nitrogen and oxygen atoms in total. The zero-order valence-corrected chi connectivity index (χ0v) is 17.2. The number of hydrogen-bond acceptors (Lipinski definition) is 3. The highest BCUT2D eigenvalue weighted by Crippen LogP contribution is 2.04. The van der Waals surface area contributed by atoms with Crippen molar-refractivity contribution in [2.24, 2.45) is 10.7 Å². The van der Waals surface area contributed by atoms with E-state index in [2.05, 4.69) is 22.1 Å². The lowest BCUT2D eigenvalue weighted by atomic mass is 10.1. The molecule has 0 aromatic carbocycles. The van der Waals surface area contributed by atoms with Crippen LogP contribution < -0.4 is 11.1 Å². The van der Waals surface area contributed by atoms with Gasteiger partial charge < -0.3 is 15.8 Å². The van der Waals surface area contributed by atoms with Gasteiger partial charge in [-0.05, 0) is 25.8 Å². The molecule has 0 bridgehead atoms. The third-order valence-corrected chi connectivity index (χ3v) is 4.10. The number of nitrogens with zero attached hydrogens (tertiary/aromatic N) is 2. The number of aliphatic imine (C=N–C) groups is 1. The molecule has 0 saturated carbocycles. The summed E-state index contributed by atoms with van der Waals surface area (Å²) >= 11 is 0. The van der Waals surface area contributed by atoms with E-state index in [1.54, 1.807) is 0 Å². The molecule has 0 aromatic rings. The summed E-state index contributed by atoms with van der Waals surface area (Å²) in [5.41, 5.74) is 5.87. The van der Waals surface area contributed by atoms with E-state index in [9.17, 15) is 0 Å². The molecule has 138 valence electrons. The quantitative estimate of drug-likeness (QED) is 0.212. The fourth-order valence-electron chi connectivity index (χ4n) is 2.65. The van der Waals surface area contributed by atoms with E-state index < -0.39 is 0 Å². The van der Waals surface area contributed by atoms with Crippen LogP contribution in [0.5, 0.6) is 0 Å². The highest BCUT2D eigenvalue weighted by Gasteiger charge is 2.08. The Balaban J connectivity index is 0.00000484. The number of hydrogen-bond donors (Lipinski definition) is 2. The SMILES string of the molecule is CCCCCCCCN=C(N)NCCCCN1CCOCC1.I. The van der Waals surface area contributed by atoms with Crippen LogP contribution in [0.3, 0.4) is 0 Å². The number of nitrogens with one attached hydrogen (secondary N) is 1. The van der Waals surface area contributed by atoms with Gasteiger partial charge in [-0.1, -0.05) is 39.0 Å². The average molecular weight is 440 g/mol. The lowest BCUT2D eigenvalue weighted by Gasteiger charge is -2.26. The van der Waals surface area contributed by atoms with Crippen molar-refractivity contribution in [1.29, 1.82) is 0 Å². The van der Waals surface area contributed by atoms with Crippen molar-refractivity contribution in [1.82, 2.24) is 10.2 Å². The summed E-state index contributed by atoms with van der Waals surface area (Å²) in [6.45, 7) is 9.13. The average Bonchev–Trinajstić information content (AvgIpc) is 2.54. The molecular formula is C17H37IN4O. The van der Waals surface area contributed by atoms with Crippen LogP contribution in [0.4, 0.5) is 0 Å². The van der Waals surface area contributed by atoms with Gasteiger partial charge in [-0.2, -0.15) is 0 Å². The van der Waals surface area contributed by atoms with Gasteiger partial charge in [0, 0.05) is 26.2 Å². The fourth-order valence-corrected chi connectivity index (χ4v) is 2.65. The predicted molar refractivity (Wildman–Crippen MR) is 110 cm³/mol. The van der Waals surface area contributed by atoms with Crippen molar-refractivity contribution < 1.29 is 4.74 Å². The zero-order chi connectivity index (χ0) is 15.9. The Kier molecular flexibility index (Phi) is 16.7. The molecule has 1 aliphatic rings. The molecule has 23 heavy (non-hydrogen) atoms. The Morgan fingerprint density at radius 3 is 2.48 bits per heavy atom. The first-order valence-corrected chi connectivity index (χ1v) is 9.17. The standard InChI is InChI=1S/C17H36N4O.HI/c1-2-3-4-5-6-7-10-19-17(18)20-11-8-9-12-21-13-15-22-16-14-21;/h2-16H2,1H3,(H3,18,19,20);1H. The summed E-state index contributed by atoms with van der Waals surface area (Å²) in [7, 11) is 0. The Bertz CT molecular complexity index is 284. The molecule has 0 aromatic heterocycles. The molecule has 0 atom stereocenters. The molecule has 1 fully saturated rings. The van der Waals surface area contributed by atoms with E-state index in [-0.39, 0.29) is 24.0 Å². The number of rotatable bonds is 12. The predicted octanol–water partition coefficient (Wildman–Crippen LogP) is 2.98. The number of halogens is 1. The topological polar surface area (TPSA) is 62.9 Å². The van der Waals surface area contributed by atoms with Crippen LogP contribution in [0.1, 0.15) is 58.3 Å². The first-order chi connectivity index (χ1) is 10.8. The Hall–Kier alpha value is -0.0800. The van der Waals surface area contributed by atoms with Crippen molar-refractivity contribution in [2.75, 3.05) is 45.9 Å². The van der Waals surface area contributed by atoms with E-state index in [1.807, 2.05) is 0 Å². The van der Waals surface area contributed by atoms with Crippen LogP contribution in [0.2, 0.25) is 0 Å². The summed E-state index contributed by atoms with van der Waals surface area (Å²) in [4.78, 5) is 6.86. The third-order valence-electron chi connectivity index (χ3n) is 4.10. The van der Waals surface area contributed by atoms with Gasteiger partial charge in [0.05, 0.1) is 13.2 Å². The number of morpholine rings is 1. The van der Waals surface area contributed by atoms with Gasteiger partial charge in [0.2, 0.25) is 0 Å².